The Hall–Kier alpha value is -1.35. The topological polar surface area (TPSA) is 32.3 Å². The van der Waals surface area contributed by atoms with Crippen molar-refractivity contribution in [2.24, 2.45) is 5.92 Å². The number of carbonyl (C=O) groups is 1. The largest absolute Gasteiger partial charge is 0.311 e. The average molecular weight is 246 g/mol. The van der Waals surface area contributed by atoms with Crippen LogP contribution in [0.1, 0.15) is 32.3 Å². The summed E-state index contributed by atoms with van der Waals surface area (Å²) < 4.78 is 0. The Morgan fingerprint density at radius 2 is 2.17 bits per heavy atom. The van der Waals surface area contributed by atoms with Crippen molar-refractivity contribution < 1.29 is 4.79 Å². The molecule has 0 bridgehead atoms. The monoisotopic (exact) mass is 246 g/mol. The van der Waals surface area contributed by atoms with Gasteiger partial charge in [0.15, 0.2) is 0 Å². The molecule has 0 spiro atoms. The standard InChI is InChI=1S/C15H22N2O/c1-12(2)7-8-15(18)17-10-9-16-11-13-5-3-4-6-14(13)17/h3-6,12,16H,7-11H2,1-2H3. The molecule has 1 amide bonds. The molecule has 2 rings (SSSR count). The number of anilines is 1. The fourth-order valence-corrected chi connectivity index (χ4v) is 2.26. The van der Waals surface area contributed by atoms with Gasteiger partial charge in [-0.25, -0.2) is 0 Å². The fraction of sp³-hybridized carbons (Fsp3) is 0.533. The van der Waals surface area contributed by atoms with Gasteiger partial charge in [-0.3, -0.25) is 4.79 Å². The maximum absolute atomic E-state index is 12.3. The van der Waals surface area contributed by atoms with E-state index in [1.54, 1.807) is 0 Å². The predicted octanol–water partition coefficient (Wildman–Crippen LogP) is 2.56. The minimum Gasteiger partial charge on any atom is -0.311 e. The number of hydrogen-bond acceptors (Lipinski definition) is 2. The van der Waals surface area contributed by atoms with E-state index in [2.05, 4.69) is 31.3 Å². The van der Waals surface area contributed by atoms with E-state index >= 15 is 0 Å². The number of hydrogen-bond donors (Lipinski definition) is 1. The van der Waals surface area contributed by atoms with Crippen molar-refractivity contribution in [1.29, 1.82) is 0 Å². The zero-order valence-electron chi connectivity index (χ0n) is 11.3. The second-order valence-corrected chi connectivity index (χ2v) is 5.28. The van der Waals surface area contributed by atoms with Gasteiger partial charge in [0.05, 0.1) is 0 Å². The second-order valence-electron chi connectivity index (χ2n) is 5.28. The molecular formula is C15H22N2O. The van der Waals surface area contributed by atoms with Crippen LogP contribution in [0, 0.1) is 5.92 Å². The van der Waals surface area contributed by atoms with Crippen LogP contribution in [-0.4, -0.2) is 19.0 Å². The summed E-state index contributed by atoms with van der Waals surface area (Å²) in [5, 5.41) is 3.36. The molecule has 1 aromatic rings. The van der Waals surface area contributed by atoms with Crippen LogP contribution in [0.15, 0.2) is 24.3 Å². The highest BCUT2D eigenvalue weighted by Gasteiger charge is 2.20. The first-order chi connectivity index (χ1) is 8.68. The van der Waals surface area contributed by atoms with Gasteiger partial charge in [-0.1, -0.05) is 32.0 Å². The SMILES string of the molecule is CC(C)CCC(=O)N1CCNCc2ccccc21. The minimum absolute atomic E-state index is 0.250. The number of benzene rings is 1. The highest BCUT2D eigenvalue weighted by Crippen LogP contribution is 2.23. The van der Waals surface area contributed by atoms with Crippen LogP contribution < -0.4 is 10.2 Å². The van der Waals surface area contributed by atoms with Gasteiger partial charge in [0, 0.05) is 31.7 Å². The Morgan fingerprint density at radius 1 is 1.39 bits per heavy atom. The minimum atomic E-state index is 0.250. The fourth-order valence-electron chi connectivity index (χ4n) is 2.26. The highest BCUT2D eigenvalue weighted by atomic mass is 16.2. The van der Waals surface area contributed by atoms with Crippen molar-refractivity contribution in [3.05, 3.63) is 29.8 Å². The summed E-state index contributed by atoms with van der Waals surface area (Å²) in [6.07, 6.45) is 1.61. The van der Waals surface area contributed by atoms with E-state index in [-0.39, 0.29) is 5.91 Å². The van der Waals surface area contributed by atoms with Gasteiger partial charge >= 0.3 is 0 Å². The molecule has 1 aliphatic heterocycles. The molecule has 3 nitrogen and oxygen atoms in total. The molecule has 0 fully saturated rings. The summed E-state index contributed by atoms with van der Waals surface area (Å²) in [6.45, 7) is 6.80. The molecule has 0 unspecified atom stereocenters. The van der Waals surface area contributed by atoms with Crippen LogP contribution in [-0.2, 0) is 11.3 Å². The number of fused-ring (bicyclic) bond motifs is 1. The second kappa shape index (κ2) is 6.01. The van der Waals surface area contributed by atoms with Crippen LogP contribution in [0.4, 0.5) is 5.69 Å². The quantitative estimate of drug-likeness (QED) is 0.889. The molecule has 98 valence electrons. The Kier molecular flexibility index (Phi) is 4.37. The lowest BCUT2D eigenvalue weighted by Crippen LogP contribution is -2.34. The lowest BCUT2D eigenvalue weighted by Gasteiger charge is -2.23. The molecule has 0 saturated heterocycles. The first-order valence-electron chi connectivity index (χ1n) is 6.77. The smallest absolute Gasteiger partial charge is 0.227 e. The maximum atomic E-state index is 12.3. The summed E-state index contributed by atoms with van der Waals surface area (Å²) in [7, 11) is 0. The molecule has 3 heteroatoms. The van der Waals surface area contributed by atoms with E-state index in [0.29, 0.717) is 12.3 Å². The molecule has 1 aromatic carbocycles. The lowest BCUT2D eigenvalue weighted by atomic mass is 10.1. The summed E-state index contributed by atoms with van der Waals surface area (Å²) in [5.41, 5.74) is 2.30. The molecule has 0 saturated carbocycles. The molecule has 0 atom stereocenters. The lowest BCUT2D eigenvalue weighted by molar-refractivity contribution is -0.118. The predicted molar refractivity (Wildman–Crippen MR) is 74.6 cm³/mol. The Balaban J connectivity index is 2.14. The van der Waals surface area contributed by atoms with Crippen molar-refractivity contribution >= 4 is 11.6 Å². The van der Waals surface area contributed by atoms with Crippen molar-refractivity contribution in [3.8, 4) is 0 Å². The van der Waals surface area contributed by atoms with Gasteiger partial charge < -0.3 is 10.2 Å². The zero-order valence-corrected chi connectivity index (χ0v) is 11.3. The van der Waals surface area contributed by atoms with Crippen LogP contribution in [0.25, 0.3) is 0 Å². The average Bonchev–Trinajstić information content (AvgIpc) is 2.58. The Morgan fingerprint density at radius 3 is 2.94 bits per heavy atom. The number of nitrogens with zero attached hydrogens (tertiary/aromatic N) is 1. The summed E-state index contributed by atoms with van der Waals surface area (Å²) >= 11 is 0. The van der Waals surface area contributed by atoms with Gasteiger partial charge in [-0.15, -0.1) is 0 Å². The molecule has 1 aliphatic rings. The molecular weight excluding hydrogens is 224 g/mol. The summed E-state index contributed by atoms with van der Waals surface area (Å²) in [6, 6.07) is 8.18. The number of amides is 1. The third-order valence-corrected chi connectivity index (χ3v) is 3.35. The molecule has 18 heavy (non-hydrogen) atoms. The van der Waals surface area contributed by atoms with E-state index in [4.69, 9.17) is 0 Å². The van der Waals surface area contributed by atoms with Gasteiger partial charge in [-0.2, -0.15) is 0 Å². The van der Waals surface area contributed by atoms with E-state index in [1.807, 2.05) is 17.0 Å². The van der Waals surface area contributed by atoms with Crippen LogP contribution in [0.3, 0.4) is 0 Å². The molecule has 1 N–H and O–H groups in total. The van der Waals surface area contributed by atoms with Gasteiger partial charge in [0.2, 0.25) is 5.91 Å². The van der Waals surface area contributed by atoms with E-state index in [0.717, 1.165) is 31.7 Å². The third kappa shape index (κ3) is 3.10. The van der Waals surface area contributed by atoms with E-state index in [9.17, 15) is 4.79 Å². The summed E-state index contributed by atoms with van der Waals surface area (Å²) in [4.78, 5) is 14.3. The third-order valence-electron chi connectivity index (χ3n) is 3.35. The van der Waals surface area contributed by atoms with Crippen molar-refractivity contribution in [2.45, 2.75) is 33.2 Å². The van der Waals surface area contributed by atoms with E-state index in [1.165, 1.54) is 5.56 Å². The number of rotatable bonds is 3. The Bertz CT molecular complexity index is 415. The number of para-hydroxylation sites is 1. The highest BCUT2D eigenvalue weighted by molar-refractivity contribution is 5.94. The van der Waals surface area contributed by atoms with Gasteiger partial charge in [-0.05, 0) is 24.0 Å². The molecule has 0 radical (unpaired) electrons. The first kappa shape index (κ1) is 13.1. The molecule has 0 aromatic heterocycles. The molecule has 1 heterocycles. The Labute approximate surface area is 109 Å². The number of nitrogens with one attached hydrogen (secondary N) is 1. The van der Waals surface area contributed by atoms with Crippen molar-refractivity contribution in [2.75, 3.05) is 18.0 Å². The van der Waals surface area contributed by atoms with Crippen LogP contribution in [0.5, 0.6) is 0 Å². The van der Waals surface area contributed by atoms with Crippen molar-refractivity contribution in [1.82, 2.24) is 5.32 Å². The normalized spacial score (nSPS) is 15.4. The van der Waals surface area contributed by atoms with Crippen molar-refractivity contribution in [3.63, 3.8) is 0 Å². The number of carbonyl (C=O) groups excluding carboxylic acids is 1. The summed E-state index contributed by atoms with van der Waals surface area (Å²) in [5.74, 6) is 0.828. The first-order valence-corrected chi connectivity index (χ1v) is 6.77. The van der Waals surface area contributed by atoms with Crippen LogP contribution in [0.2, 0.25) is 0 Å². The van der Waals surface area contributed by atoms with Crippen LogP contribution >= 0.6 is 0 Å². The zero-order chi connectivity index (χ0) is 13.0. The van der Waals surface area contributed by atoms with Gasteiger partial charge in [0.1, 0.15) is 0 Å². The molecule has 0 aliphatic carbocycles. The van der Waals surface area contributed by atoms with E-state index < -0.39 is 0 Å². The van der Waals surface area contributed by atoms with Gasteiger partial charge in [0.25, 0.3) is 0 Å². The maximum Gasteiger partial charge on any atom is 0.227 e.